The molecule has 2 aliphatic rings. The topological polar surface area (TPSA) is 53.0 Å². The molecular formula is C9H16N2O3. The van der Waals surface area contributed by atoms with Gasteiger partial charge in [-0.3, -0.25) is 9.80 Å². The molecule has 0 bridgehead atoms. The number of aliphatic hydroxyl groups is 1. The zero-order valence-electron chi connectivity index (χ0n) is 8.19. The predicted octanol–water partition coefficient (Wildman–Crippen LogP) is -0.926. The molecule has 1 atom stereocenters. The average molecular weight is 200 g/mol. The molecule has 2 rings (SSSR count). The van der Waals surface area contributed by atoms with Gasteiger partial charge >= 0.3 is 0 Å². The highest BCUT2D eigenvalue weighted by atomic mass is 16.5. The second-order valence-electron chi connectivity index (χ2n) is 3.79. The molecule has 2 heterocycles. The van der Waals surface area contributed by atoms with Gasteiger partial charge in [0, 0.05) is 38.6 Å². The highest BCUT2D eigenvalue weighted by Gasteiger charge is 2.33. The van der Waals surface area contributed by atoms with Crippen LogP contribution in [0.3, 0.4) is 0 Å². The highest BCUT2D eigenvalue weighted by Crippen LogP contribution is 2.19. The summed E-state index contributed by atoms with van der Waals surface area (Å²) in [6.45, 7) is 3.71. The van der Waals surface area contributed by atoms with E-state index in [2.05, 4.69) is 0 Å². The van der Waals surface area contributed by atoms with Crippen LogP contribution in [0, 0.1) is 5.92 Å². The summed E-state index contributed by atoms with van der Waals surface area (Å²) in [5.41, 5.74) is 0. The number of nitrogens with zero attached hydrogens (tertiary/aromatic N) is 2. The van der Waals surface area contributed by atoms with E-state index in [4.69, 9.17) is 9.84 Å². The molecule has 5 nitrogen and oxygen atoms in total. The lowest BCUT2D eigenvalue weighted by molar-refractivity contribution is -0.150. The molecule has 0 aromatic carbocycles. The van der Waals surface area contributed by atoms with Crippen LogP contribution in [0.15, 0.2) is 0 Å². The fourth-order valence-electron chi connectivity index (χ4n) is 1.95. The highest BCUT2D eigenvalue weighted by molar-refractivity contribution is 5.78. The van der Waals surface area contributed by atoms with Crippen LogP contribution >= 0.6 is 0 Å². The Labute approximate surface area is 83.2 Å². The Morgan fingerprint density at radius 1 is 1.43 bits per heavy atom. The maximum absolute atomic E-state index is 11.6. The number of ether oxygens (including phenoxy) is 1. The third-order valence-corrected chi connectivity index (χ3v) is 2.77. The molecule has 5 heteroatoms. The Morgan fingerprint density at radius 2 is 2.14 bits per heavy atom. The van der Waals surface area contributed by atoms with Crippen LogP contribution in [0.4, 0.5) is 0 Å². The molecule has 14 heavy (non-hydrogen) atoms. The summed E-state index contributed by atoms with van der Waals surface area (Å²) in [6.07, 6.45) is 0.480. The zero-order chi connectivity index (χ0) is 9.97. The van der Waals surface area contributed by atoms with Gasteiger partial charge in [-0.2, -0.15) is 0 Å². The SMILES string of the molecule is O=C1CC(CO)CN1N1CCOCC1. The van der Waals surface area contributed by atoms with Gasteiger partial charge in [0.1, 0.15) is 0 Å². The first-order valence-electron chi connectivity index (χ1n) is 5.05. The number of morpholine rings is 1. The van der Waals surface area contributed by atoms with Gasteiger partial charge in [0.15, 0.2) is 0 Å². The molecule has 1 amide bonds. The molecule has 0 aromatic rings. The number of hydrogen-bond acceptors (Lipinski definition) is 4. The first kappa shape index (κ1) is 9.89. The Morgan fingerprint density at radius 3 is 2.71 bits per heavy atom. The number of hydrogen-bond donors (Lipinski definition) is 1. The lowest BCUT2D eigenvalue weighted by Crippen LogP contribution is -2.49. The largest absolute Gasteiger partial charge is 0.396 e. The number of amides is 1. The van der Waals surface area contributed by atoms with Crippen molar-refractivity contribution < 1.29 is 14.6 Å². The van der Waals surface area contributed by atoms with E-state index in [0.29, 0.717) is 26.2 Å². The van der Waals surface area contributed by atoms with Crippen molar-refractivity contribution in [1.29, 1.82) is 0 Å². The molecule has 80 valence electrons. The molecule has 0 spiro atoms. The summed E-state index contributed by atoms with van der Waals surface area (Å²) < 4.78 is 5.22. The minimum atomic E-state index is 0.104. The first-order valence-corrected chi connectivity index (χ1v) is 5.05. The Bertz CT molecular complexity index is 216. The quantitative estimate of drug-likeness (QED) is 0.626. The third-order valence-electron chi connectivity index (χ3n) is 2.77. The molecule has 0 aromatic heterocycles. The van der Waals surface area contributed by atoms with Gasteiger partial charge in [0.2, 0.25) is 5.91 Å². The van der Waals surface area contributed by atoms with Gasteiger partial charge in [-0.15, -0.1) is 0 Å². The van der Waals surface area contributed by atoms with Crippen molar-refractivity contribution in [2.45, 2.75) is 6.42 Å². The van der Waals surface area contributed by atoms with Crippen molar-refractivity contribution >= 4 is 5.91 Å². The summed E-state index contributed by atoms with van der Waals surface area (Å²) in [4.78, 5) is 11.6. The minimum absolute atomic E-state index is 0.104. The molecule has 2 aliphatic heterocycles. The second-order valence-corrected chi connectivity index (χ2v) is 3.79. The number of aliphatic hydroxyl groups excluding tert-OH is 1. The summed E-state index contributed by atoms with van der Waals surface area (Å²) >= 11 is 0. The molecule has 0 saturated carbocycles. The maximum atomic E-state index is 11.6. The fraction of sp³-hybridized carbons (Fsp3) is 0.889. The molecule has 0 radical (unpaired) electrons. The van der Waals surface area contributed by atoms with Crippen molar-refractivity contribution in [2.75, 3.05) is 39.5 Å². The van der Waals surface area contributed by atoms with Crippen molar-refractivity contribution in [3.8, 4) is 0 Å². The van der Waals surface area contributed by atoms with E-state index in [0.717, 1.165) is 13.1 Å². The monoisotopic (exact) mass is 200 g/mol. The van der Waals surface area contributed by atoms with Gasteiger partial charge in [-0.25, -0.2) is 5.01 Å². The van der Waals surface area contributed by atoms with Gasteiger partial charge in [0.25, 0.3) is 0 Å². The average Bonchev–Trinajstić information content (AvgIpc) is 2.61. The van der Waals surface area contributed by atoms with E-state index in [1.54, 1.807) is 5.01 Å². The van der Waals surface area contributed by atoms with Crippen LogP contribution in [0.5, 0.6) is 0 Å². The van der Waals surface area contributed by atoms with Crippen molar-refractivity contribution in [3.63, 3.8) is 0 Å². The first-order chi connectivity index (χ1) is 6.81. The molecule has 0 aliphatic carbocycles. The lowest BCUT2D eigenvalue weighted by atomic mass is 10.1. The van der Waals surface area contributed by atoms with Crippen LogP contribution in [0.2, 0.25) is 0 Å². The molecule has 2 saturated heterocycles. The van der Waals surface area contributed by atoms with Crippen LogP contribution in [0.1, 0.15) is 6.42 Å². The normalized spacial score (nSPS) is 29.9. The second kappa shape index (κ2) is 4.25. The smallest absolute Gasteiger partial charge is 0.237 e. The molecular weight excluding hydrogens is 184 g/mol. The standard InChI is InChI=1S/C9H16N2O3/c12-7-8-5-9(13)11(6-8)10-1-3-14-4-2-10/h8,12H,1-7H2. The summed E-state index contributed by atoms with van der Waals surface area (Å²) in [7, 11) is 0. The van der Waals surface area contributed by atoms with Crippen LogP contribution in [-0.2, 0) is 9.53 Å². The van der Waals surface area contributed by atoms with Crippen LogP contribution in [0.25, 0.3) is 0 Å². The van der Waals surface area contributed by atoms with Crippen molar-refractivity contribution in [1.82, 2.24) is 10.0 Å². The predicted molar refractivity (Wildman–Crippen MR) is 49.3 cm³/mol. The van der Waals surface area contributed by atoms with Crippen molar-refractivity contribution in [2.24, 2.45) is 5.92 Å². The maximum Gasteiger partial charge on any atom is 0.237 e. The van der Waals surface area contributed by atoms with Gasteiger partial charge in [0.05, 0.1) is 13.2 Å². The number of carbonyl (C=O) groups is 1. The summed E-state index contributed by atoms with van der Waals surface area (Å²) in [5, 5.41) is 12.8. The Balaban J connectivity index is 1.93. The third kappa shape index (κ3) is 1.89. The van der Waals surface area contributed by atoms with E-state index < -0.39 is 0 Å². The van der Waals surface area contributed by atoms with E-state index >= 15 is 0 Å². The van der Waals surface area contributed by atoms with Crippen molar-refractivity contribution in [3.05, 3.63) is 0 Å². The Kier molecular flexibility index (Phi) is 3.00. The van der Waals surface area contributed by atoms with E-state index in [-0.39, 0.29) is 18.4 Å². The molecule has 2 fully saturated rings. The number of carbonyl (C=O) groups excluding carboxylic acids is 1. The van der Waals surface area contributed by atoms with E-state index in [1.165, 1.54) is 0 Å². The summed E-state index contributed by atoms with van der Waals surface area (Å²) in [5.74, 6) is 0.247. The number of hydrazine groups is 1. The lowest BCUT2D eigenvalue weighted by Gasteiger charge is -2.34. The van der Waals surface area contributed by atoms with E-state index in [9.17, 15) is 4.79 Å². The van der Waals surface area contributed by atoms with E-state index in [1.807, 2.05) is 5.01 Å². The molecule has 1 unspecified atom stereocenters. The van der Waals surface area contributed by atoms with Gasteiger partial charge in [-0.05, 0) is 0 Å². The number of rotatable bonds is 2. The summed E-state index contributed by atoms with van der Waals surface area (Å²) in [6, 6.07) is 0. The Hall–Kier alpha value is -0.650. The fourth-order valence-corrected chi connectivity index (χ4v) is 1.95. The molecule has 1 N–H and O–H groups in total. The van der Waals surface area contributed by atoms with Gasteiger partial charge in [-0.1, -0.05) is 0 Å². The van der Waals surface area contributed by atoms with Gasteiger partial charge < -0.3 is 9.84 Å². The van der Waals surface area contributed by atoms with Crippen LogP contribution in [-0.4, -0.2) is 60.5 Å². The van der Waals surface area contributed by atoms with Crippen LogP contribution < -0.4 is 0 Å². The minimum Gasteiger partial charge on any atom is -0.396 e. The zero-order valence-corrected chi connectivity index (χ0v) is 8.19.